The van der Waals surface area contributed by atoms with Crippen LogP contribution in [-0.2, 0) is 11.2 Å². The molecule has 0 aliphatic carbocycles. The minimum absolute atomic E-state index is 0.133. The Hall–Kier alpha value is -2.49. The average molecular weight is 337 g/mol. The quantitative estimate of drug-likeness (QED) is 0.856. The van der Waals surface area contributed by atoms with E-state index >= 15 is 0 Å². The molecule has 2 aliphatic heterocycles. The van der Waals surface area contributed by atoms with Gasteiger partial charge in [0.25, 0.3) is 0 Å². The molecule has 1 saturated heterocycles. The van der Waals surface area contributed by atoms with Crippen molar-refractivity contribution in [3.63, 3.8) is 0 Å². The SMILES string of the molecule is O=C(Cc1ccccc1)N1CCCC1c1ccc2c(c1)OCCCO2. The normalized spacial score (nSPS) is 19.5. The summed E-state index contributed by atoms with van der Waals surface area (Å²) in [6.07, 6.45) is 3.40. The molecule has 0 spiro atoms. The van der Waals surface area contributed by atoms with Crippen molar-refractivity contribution in [2.24, 2.45) is 0 Å². The van der Waals surface area contributed by atoms with Gasteiger partial charge in [0.15, 0.2) is 11.5 Å². The van der Waals surface area contributed by atoms with Gasteiger partial charge in [0.1, 0.15) is 0 Å². The fourth-order valence-corrected chi connectivity index (χ4v) is 3.67. The van der Waals surface area contributed by atoms with Gasteiger partial charge in [-0.15, -0.1) is 0 Å². The highest BCUT2D eigenvalue weighted by molar-refractivity contribution is 5.79. The molecule has 2 aromatic carbocycles. The first-order chi connectivity index (χ1) is 12.3. The fraction of sp³-hybridized carbons (Fsp3) is 0.381. The zero-order valence-corrected chi connectivity index (χ0v) is 14.3. The van der Waals surface area contributed by atoms with Crippen LogP contribution in [0.3, 0.4) is 0 Å². The van der Waals surface area contributed by atoms with Crippen LogP contribution in [0.4, 0.5) is 0 Å². The summed E-state index contributed by atoms with van der Waals surface area (Å²) in [6.45, 7) is 2.19. The molecule has 2 heterocycles. The Bertz CT molecular complexity index is 744. The van der Waals surface area contributed by atoms with Gasteiger partial charge in [-0.2, -0.15) is 0 Å². The molecule has 0 saturated carbocycles. The minimum Gasteiger partial charge on any atom is -0.490 e. The molecule has 4 heteroatoms. The van der Waals surface area contributed by atoms with Crippen LogP contribution in [0, 0.1) is 0 Å². The average Bonchev–Trinajstić information content (AvgIpc) is 3.01. The molecule has 4 nitrogen and oxygen atoms in total. The van der Waals surface area contributed by atoms with E-state index in [1.54, 1.807) is 0 Å². The van der Waals surface area contributed by atoms with Gasteiger partial charge in [0.2, 0.25) is 5.91 Å². The zero-order valence-electron chi connectivity index (χ0n) is 14.3. The van der Waals surface area contributed by atoms with Crippen LogP contribution in [0.25, 0.3) is 0 Å². The fourth-order valence-electron chi connectivity index (χ4n) is 3.67. The summed E-state index contributed by atoms with van der Waals surface area (Å²) < 4.78 is 11.5. The first-order valence-electron chi connectivity index (χ1n) is 9.04. The molecule has 130 valence electrons. The first kappa shape index (κ1) is 16.0. The summed E-state index contributed by atoms with van der Waals surface area (Å²) in [7, 11) is 0. The largest absolute Gasteiger partial charge is 0.490 e. The van der Waals surface area contributed by atoms with Crippen molar-refractivity contribution < 1.29 is 14.3 Å². The molecule has 2 aliphatic rings. The van der Waals surface area contributed by atoms with Gasteiger partial charge < -0.3 is 14.4 Å². The van der Waals surface area contributed by atoms with E-state index in [4.69, 9.17) is 9.47 Å². The van der Waals surface area contributed by atoms with Gasteiger partial charge in [0.05, 0.1) is 25.7 Å². The van der Waals surface area contributed by atoms with Crippen LogP contribution in [-0.4, -0.2) is 30.6 Å². The summed E-state index contributed by atoms with van der Waals surface area (Å²) in [5.74, 6) is 1.81. The Labute approximate surface area is 148 Å². The van der Waals surface area contributed by atoms with Crippen LogP contribution in [0.15, 0.2) is 48.5 Å². The highest BCUT2D eigenvalue weighted by Crippen LogP contribution is 2.38. The summed E-state index contributed by atoms with van der Waals surface area (Å²) in [4.78, 5) is 14.8. The van der Waals surface area contributed by atoms with Crippen molar-refractivity contribution in [1.82, 2.24) is 4.90 Å². The maximum atomic E-state index is 12.8. The van der Waals surface area contributed by atoms with E-state index < -0.39 is 0 Å². The smallest absolute Gasteiger partial charge is 0.227 e. The number of likely N-dealkylation sites (tertiary alicyclic amines) is 1. The molecular formula is C21H23NO3. The first-order valence-corrected chi connectivity index (χ1v) is 9.04. The van der Waals surface area contributed by atoms with Gasteiger partial charge >= 0.3 is 0 Å². The number of rotatable bonds is 3. The Morgan fingerprint density at radius 3 is 2.64 bits per heavy atom. The van der Waals surface area contributed by atoms with E-state index in [1.165, 1.54) is 0 Å². The third-order valence-electron chi connectivity index (χ3n) is 4.93. The van der Waals surface area contributed by atoms with Crippen LogP contribution in [0.1, 0.15) is 36.4 Å². The second-order valence-corrected chi connectivity index (χ2v) is 6.66. The third-order valence-corrected chi connectivity index (χ3v) is 4.93. The van der Waals surface area contributed by atoms with Crippen molar-refractivity contribution in [2.45, 2.75) is 31.7 Å². The Morgan fingerprint density at radius 2 is 1.80 bits per heavy atom. The standard InChI is InChI=1S/C21H23NO3/c23-21(14-16-6-2-1-3-7-16)22-11-4-8-18(22)17-9-10-19-20(15-17)25-13-5-12-24-19/h1-3,6-7,9-10,15,18H,4-5,8,11-14H2. The lowest BCUT2D eigenvalue weighted by Gasteiger charge is -2.26. The van der Waals surface area contributed by atoms with Crippen LogP contribution in [0.2, 0.25) is 0 Å². The molecule has 1 amide bonds. The van der Waals surface area contributed by atoms with E-state index in [2.05, 4.69) is 12.1 Å². The van der Waals surface area contributed by atoms with Crippen LogP contribution >= 0.6 is 0 Å². The number of amides is 1. The topological polar surface area (TPSA) is 38.8 Å². The Kier molecular flexibility index (Phi) is 4.59. The number of carbonyl (C=O) groups excluding carboxylic acids is 1. The lowest BCUT2D eigenvalue weighted by molar-refractivity contribution is -0.131. The molecule has 1 atom stereocenters. The van der Waals surface area contributed by atoms with Gasteiger partial charge in [-0.25, -0.2) is 0 Å². The van der Waals surface area contributed by atoms with Crippen molar-refractivity contribution in [3.05, 3.63) is 59.7 Å². The molecule has 0 N–H and O–H groups in total. The van der Waals surface area contributed by atoms with E-state index in [0.717, 1.165) is 48.4 Å². The number of benzene rings is 2. The van der Waals surface area contributed by atoms with Crippen molar-refractivity contribution in [3.8, 4) is 11.5 Å². The maximum absolute atomic E-state index is 12.8. The monoisotopic (exact) mass is 337 g/mol. The van der Waals surface area contributed by atoms with E-state index in [1.807, 2.05) is 41.3 Å². The molecule has 0 bridgehead atoms. The Morgan fingerprint density at radius 1 is 1.00 bits per heavy atom. The molecule has 4 rings (SSSR count). The lowest BCUT2D eigenvalue weighted by atomic mass is 10.0. The van der Waals surface area contributed by atoms with Gasteiger partial charge in [0, 0.05) is 13.0 Å². The highest BCUT2D eigenvalue weighted by atomic mass is 16.5. The molecule has 0 radical (unpaired) electrons. The number of carbonyl (C=O) groups is 1. The minimum atomic E-state index is 0.133. The summed E-state index contributed by atoms with van der Waals surface area (Å²) in [5, 5.41) is 0. The Balaban J connectivity index is 1.53. The number of hydrogen-bond donors (Lipinski definition) is 0. The highest BCUT2D eigenvalue weighted by Gasteiger charge is 2.30. The molecule has 2 aromatic rings. The van der Waals surface area contributed by atoms with E-state index in [-0.39, 0.29) is 11.9 Å². The number of nitrogens with zero attached hydrogens (tertiary/aromatic N) is 1. The van der Waals surface area contributed by atoms with Gasteiger partial charge in [-0.05, 0) is 36.1 Å². The molecule has 1 fully saturated rings. The number of hydrogen-bond acceptors (Lipinski definition) is 3. The zero-order chi connectivity index (χ0) is 17.1. The van der Waals surface area contributed by atoms with Crippen molar-refractivity contribution in [1.29, 1.82) is 0 Å². The number of fused-ring (bicyclic) bond motifs is 1. The number of ether oxygens (including phenoxy) is 2. The third kappa shape index (κ3) is 3.48. The van der Waals surface area contributed by atoms with Gasteiger partial charge in [-0.1, -0.05) is 36.4 Å². The molecule has 25 heavy (non-hydrogen) atoms. The second kappa shape index (κ2) is 7.18. The summed E-state index contributed by atoms with van der Waals surface area (Å²) in [6, 6.07) is 16.2. The summed E-state index contributed by atoms with van der Waals surface area (Å²) >= 11 is 0. The van der Waals surface area contributed by atoms with E-state index in [9.17, 15) is 4.79 Å². The molecular weight excluding hydrogens is 314 g/mol. The van der Waals surface area contributed by atoms with Crippen LogP contribution in [0.5, 0.6) is 11.5 Å². The molecule has 0 aromatic heterocycles. The van der Waals surface area contributed by atoms with Gasteiger partial charge in [-0.3, -0.25) is 4.79 Å². The predicted molar refractivity (Wildman–Crippen MR) is 95.9 cm³/mol. The summed E-state index contributed by atoms with van der Waals surface area (Å²) in [5.41, 5.74) is 2.21. The second-order valence-electron chi connectivity index (χ2n) is 6.66. The van der Waals surface area contributed by atoms with Crippen LogP contribution < -0.4 is 9.47 Å². The lowest BCUT2D eigenvalue weighted by Crippen LogP contribution is -2.31. The van der Waals surface area contributed by atoms with E-state index in [0.29, 0.717) is 19.6 Å². The predicted octanol–water partition coefficient (Wildman–Crippen LogP) is 3.75. The maximum Gasteiger partial charge on any atom is 0.227 e. The van der Waals surface area contributed by atoms with Crippen molar-refractivity contribution >= 4 is 5.91 Å². The molecule has 1 unspecified atom stereocenters. The van der Waals surface area contributed by atoms with Crippen molar-refractivity contribution in [2.75, 3.05) is 19.8 Å².